The summed E-state index contributed by atoms with van der Waals surface area (Å²) in [7, 11) is -2.92. The van der Waals surface area contributed by atoms with Crippen LogP contribution in [0.3, 0.4) is 0 Å². The van der Waals surface area contributed by atoms with Gasteiger partial charge in [0, 0.05) is 4.47 Å². The third-order valence-electron chi connectivity index (χ3n) is 2.21. The van der Waals surface area contributed by atoms with Gasteiger partial charge in [0.1, 0.15) is 0 Å². The van der Waals surface area contributed by atoms with Gasteiger partial charge in [-0.2, -0.15) is 21.6 Å². The Morgan fingerprint density at radius 1 is 1.15 bits per heavy atom. The van der Waals surface area contributed by atoms with Gasteiger partial charge < -0.3 is 9.47 Å². The van der Waals surface area contributed by atoms with Crippen LogP contribution in [0.15, 0.2) is 16.6 Å². The van der Waals surface area contributed by atoms with Crippen LogP contribution in [0, 0.1) is 0 Å². The smallest absolute Gasteiger partial charge is 0.493 e. The van der Waals surface area contributed by atoms with E-state index in [1.54, 1.807) is 0 Å². The summed E-state index contributed by atoms with van der Waals surface area (Å²) in [5, 5.41) is 0. The Morgan fingerprint density at radius 3 is 2.10 bits per heavy atom. The maximum Gasteiger partial charge on any atom is 0.523 e. The summed E-state index contributed by atoms with van der Waals surface area (Å²) >= 11 is 3.08. The van der Waals surface area contributed by atoms with E-state index in [1.807, 2.05) is 0 Å². The quantitative estimate of drug-likeness (QED) is 0.582. The van der Waals surface area contributed by atoms with Gasteiger partial charge in [0.05, 0.1) is 20.8 Å². The largest absolute Gasteiger partial charge is 0.523 e. The van der Waals surface area contributed by atoms with E-state index >= 15 is 0 Å². The Labute approximate surface area is 121 Å². The van der Waals surface area contributed by atoms with E-state index in [-0.39, 0.29) is 11.3 Å². The fourth-order valence-electron chi connectivity index (χ4n) is 1.21. The molecule has 1 aromatic rings. The minimum Gasteiger partial charge on any atom is -0.493 e. The Bertz CT molecular complexity index is 585. The first-order chi connectivity index (χ1) is 9.12. The summed E-state index contributed by atoms with van der Waals surface area (Å²) in [6.45, 7) is -0.789. The molecular weight excluding hydrogens is 369 g/mol. The average Bonchev–Trinajstić information content (AvgIpc) is 2.35. The summed E-state index contributed by atoms with van der Waals surface area (Å²) in [4.78, 5) is 0. The standard InChI is InChI=1S/C10H10BrF3O5S/c1-17-8-3-6(7(11)4-9(8)18-2)5-19-20(15,16)10(12,13)14/h3-4H,5H2,1-2H3. The number of ether oxygens (including phenoxy) is 2. The molecule has 10 heteroatoms. The summed E-state index contributed by atoms with van der Waals surface area (Å²) in [6, 6.07) is 2.74. The second kappa shape index (κ2) is 6.19. The highest BCUT2D eigenvalue weighted by atomic mass is 79.9. The number of rotatable bonds is 5. The lowest BCUT2D eigenvalue weighted by molar-refractivity contribution is -0.0548. The molecule has 114 valence electrons. The van der Waals surface area contributed by atoms with E-state index in [9.17, 15) is 21.6 Å². The van der Waals surface area contributed by atoms with Gasteiger partial charge in [0.2, 0.25) is 0 Å². The van der Waals surface area contributed by atoms with Crippen LogP contribution in [-0.2, 0) is 20.9 Å². The second-order valence-corrected chi connectivity index (χ2v) is 5.92. The van der Waals surface area contributed by atoms with Crippen LogP contribution in [0.5, 0.6) is 11.5 Å². The topological polar surface area (TPSA) is 61.8 Å². The highest BCUT2D eigenvalue weighted by molar-refractivity contribution is 9.10. The SMILES string of the molecule is COc1cc(Br)c(COS(=O)(=O)C(F)(F)F)cc1OC. The molecule has 0 fully saturated rings. The highest BCUT2D eigenvalue weighted by Gasteiger charge is 2.47. The fourth-order valence-corrected chi connectivity index (χ4v) is 2.07. The molecule has 0 aliphatic rings. The third-order valence-corrected chi connectivity index (χ3v) is 3.94. The van der Waals surface area contributed by atoms with Gasteiger partial charge in [-0.25, -0.2) is 0 Å². The van der Waals surface area contributed by atoms with Crippen molar-refractivity contribution in [3.63, 3.8) is 0 Å². The van der Waals surface area contributed by atoms with Gasteiger partial charge in [0.25, 0.3) is 0 Å². The molecule has 0 aliphatic heterocycles. The molecule has 0 heterocycles. The average molecular weight is 379 g/mol. The van der Waals surface area contributed by atoms with Crippen LogP contribution in [0.1, 0.15) is 5.56 Å². The third kappa shape index (κ3) is 3.76. The number of hydrogen-bond donors (Lipinski definition) is 0. The molecular formula is C10H10BrF3O5S. The first kappa shape index (κ1) is 17.1. The molecule has 0 bridgehead atoms. The number of hydrogen-bond acceptors (Lipinski definition) is 5. The molecule has 0 atom stereocenters. The first-order valence-corrected chi connectivity index (χ1v) is 7.18. The van der Waals surface area contributed by atoms with E-state index < -0.39 is 22.2 Å². The molecule has 0 spiro atoms. The molecule has 0 saturated carbocycles. The molecule has 0 amide bonds. The Balaban J connectivity index is 3.00. The van der Waals surface area contributed by atoms with Crippen molar-refractivity contribution in [1.82, 2.24) is 0 Å². The van der Waals surface area contributed by atoms with E-state index in [0.29, 0.717) is 10.2 Å². The lowest BCUT2D eigenvalue weighted by Gasteiger charge is -2.13. The first-order valence-electron chi connectivity index (χ1n) is 4.98. The minimum atomic E-state index is -5.64. The van der Waals surface area contributed by atoms with Crippen LogP contribution in [0.4, 0.5) is 13.2 Å². The van der Waals surface area contributed by atoms with Crippen LogP contribution < -0.4 is 9.47 Å². The monoisotopic (exact) mass is 378 g/mol. The predicted octanol–water partition coefficient (Wildman–Crippen LogP) is 2.83. The van der Waals surface area contributed by atoms with Crippen molar-refractivity contribution in [3.05, 3.63) is 22.2 Å². The van der Waals surface area contributed by atoms with Crippen molar-refractivity contribution in [1.29, 1.82) is 0 Å². The molecule has 0 unspecified atom stereocenters. The van der Waals surface area contributed by atoms with Crippen LogP contribution in [-0.4, -0.2) is 28.1 Å². The van der Waals surface area contributed by atoms with Gasteiger partial charge >= 0.3 is 15.6 Å². The normalized spacial score (nSPS) is 12.3. The van der Waals surface area contributed by atoms with Gasteiger partial charge in [0.15, 0.2) is 11.5 Å². The summed E-state index contributed by atoms with van der Waals surface area (Å²) < 4.78 is 72.2. The van der Waals surface area contributed by atoms with Crippen LogP contribution >= 0.6 is 15.9 Å². The number of alkyl halides is 3. The van der Waals surface area contributed by atoms with Crippen molar-refractivity contribution < 1.29 is 35.2 Å². The van der Waals surface area contributed by atoms with E-state index in [2.05, 4.69) is 20.1 Å². The van der Waals surface area contributed by atoms with Crippen molar-refractivity contribution in [2.45, 2.75) is 12.1 Å². The molecule has 20 heavy (non-hydrogen) atoms. The minimum absolute atomic E-state index is 0.162. The molecule has 5 nitrogen and oxygen atoms in total. The van der Waals surface area contributed by atoms with Gasteiger partial charge in [-0.15, -0.1) is 0 Å². The van der Waals surface area contributed by atoms with Crippen molar-refractivity contribution in [2.75, 3.05) is 14.2 Å². The van der Waals surface area contributed by atoms with E-state index in [4.69, 9.17) is 9.47 Å². The Hall–Kier alpha value is -1.00. The number of methoxy groups -OCH3 is 2. The maximum atomic E-state index is 12.1. The summed E-state index contributed by atoms with van der Waals surface area (Å²) in [5.74, 6) is 0.570. The number of benzene rings is 1. The maximum absolute atomic E-state index is 12.1. The van der Waals surface area contributed by atoms with Gasteiger partial charge in [-0.05, 0) is 17.7 Å². The zero-order valence-electron chi connectivity index (χ0n) is 10.3. The van der Waals surface area contributed by atoms with Crippen LogP contribution in [0.25, 0.3) is 0 Å². The number of halogens is 4. The molecule has 1 aromatic carbocycles. The Kier molecular flexibility index (Phi) is 5.27. The zero-order chi connectivity index (χ0) is 15.6. The lowest BCUT2D eigenvalue weighted by atomic mass is 10.2. The molecule has 0 radical (unpaired) electrons. The molecule has 0 aromatic heterocycles. The molecule has 0 saturated heterocycles. The Morgan fingerprint density at radius 2 is 1.65 bits per heavy atom. The van der Waals surface area contributed by atoms with Crippen LogP contribution in [0.2, 0.25) is 0 Å². The van der Waals surface area contributed by atoms with E-state index in [1.165, 1.54) is 26.4 Å². The van der Waals surface area contributed by atoms with Crippen molar-refractivity contribution >= 4 is 26.0 Å². The lowest BCUT2D eigenvalue weighted by Crippen LogP contribution is -2.25. The van der Waals surface area contributed by atoms with Crippen molar-refractivity contribution in [3.8, 4) is 11.5 Å². The van der Waals surface area contributed by atoms with Gasteiger partial charge in [-0.1, -0.05) is 15.9 Å². The fraction of sp³-hybridized carbons (Fsp3) is 0.400. The molecule has 0 N–H and O–H groups in total. The molecule has 0 aliphatic carbocycles. The summed E-state index contributed by atoms with van der Waals surface area (Å²) in [5.41, 5.74) is -5.30. The second-order valence-electron chi connectivity index (χ2n) is 3.46. The van der Waals surface area contributed by atoms with E-state index in [0.717, 1.165) is 0 Å². The summed E-state index contributed by atoms with van der Waals surface area (Å²) in [6.07, 6.45) is 0. The van der Waals surface area contributed by atoms with Gasteiger partial charge in [-0.3, -0.25) is 4.18 Å². The molecule has 1 rings (SSSR count). The highest BCUT2D eigenvalue weighted by Crippen LogP contribution is 2.34. The predicted molar refractivity (Wildman–Crippen MR) is 67.0 cm³/mol. The zero-order valence-corrected chi connectivity index (χ0v) is 12.7. The van der Waals surface area contributed by atoms with Crippen molar-refractivity contribution in [2.24, 2.45) is 0 Å².